The van der Waals surface area contributed by atoms with Gasteiger partial charge in [-0.15, -0.1) is 12.4 Å². The third kappa shape index (κ3) is 5.68. The second kappa shape index (κ2) is 9.48. The van der Waals surface area contributed by atoms with Crippen LogP contribution in [0.3, 0.4) is 0 Å². The molecular formula is C16H21ClN2O4S. The number of rotatable bonds is 8. The van der Waals surface area contributed by atoms with E-state index in [1.165, 1.54) is 12.1 Å². The van der Waals surface area contributed by atoms with E-state index < -0.39 is 10.0 Å². The maximum Gasteiger partial charge on any atom is 0.240 e. The van der Waals surface area contributed by atoms with Crippen molar-refractivity contribution in [2.75, 3.05) is 27.2 Å². The predicted molar refractivity (Wildman–Crippen MR) is 95.9 cm³/mol. The van der Waals surface area contributed by atoms with E-state index >= 15 is 0 Å². The van der Waals surface area contributed by atoms with E-state index in [4.69, 9.17) is 9.47 Å². The Bertz CT molecular complexity index is 719. The summed E-state index contributed by atoms with van der Waals surface area (Å²) >= 11 is 0. The average Bonchev–Trinajstić information content (AvgIpc) is 2.56. The van der Waals surface area contributed by atoms with Gasteiger partial charge < -0.3 is 14.8 Å². The van der Waals surface area contributed by atoms with E-state index in [1.54, 1.807) is 50.6 Å². The predicted octanol–water partition coefficient (Wildman–Crippen LogP) is 2.41. The Labute approximate surface area is 148 Å². The number of methoxy groups -OCH3 is 1. The topological polar surface area (TPSA) is 76.7 Å². The van der Waals surface area contributed by atoms with Crippen LogP contribution in [0.5, 0.6) is 17.2 Å². The van der Waals surface area contributed by atoms with Gasteiger partial charge in [0, 0.05) is 13.1 Å². The monoisotopic (exact) mass is 372 g/mol. The summed E-state index contributed by atoms with van der Waals surface area (Å²) in [5.74, 6) is 1.95. The van der Waals surface area contributed by atoms with Crippen molar-refractivity contribution in [3.05, 3.63) is 48.5 Å². The molecule has 0 saturated heterocycles. The van der Waals surface area contributed by atoms with Gasteiger partial charge >= 0.3 is 0 Å². The summed E-state index contributed by atoms with van der Waals surface area (Å²) in [5, 5.41) is 2.88. The first kappa shape index (κ1) is 20.2. The average molecular weight is 373 g/mol. The maximum absolute atomic E-state index is 12.1. The molecule has 0 aliphatic carbocycles. The summed E-state index contributed by atoms with van der Waals surface area (Å²) in [6, 6.07) is 13.4. The third-order valence-electron chi connectivity index (χ3n) is 3.10. The van der Waals surface area contributed by atoms with Crippen LogP contribution in [0.4, 0.5) is 0 Å². The Hall–Kier alpha value is -1.80. The summed E-state index contributed by atoms with van der Waals surface area (Å²) < 4.78 is 37.4. The number of hydrogen-bond acceptors (Lipinski definition) is 5. The Kier molecular flexibility index (Phi) is 8.00. The molecule has 2 N–H and O–H groups in total. The van der Waals surface area contributed by atoms with Crippen LogP contribution in [-0.4, -0.2) is 35.7 Å². The van der Waals surface area contributed by atoms with Crippen LogP contribution in [0.2, 0.25) is 0 Å². The molecule has 0 spiro atoms. The van der Waals surface area contributed by atoms with E-state index in [-0.39, 0.29) is 17.3 Å². The molecule has 6 nitrogen and oxygen atoms in total. The summed E-state index contributed by atoms with van der Waals surface area (Å²) in [7, 11) is -0.133. The zero-order chi connectivity index (χ0) is 16.7. The standard InChI is InChI=1S/C16H20N2O4S.ClH/c1-17-11-12-18-23(19,20)16-9-7-15(8-10-16)22-14-5-3-13(21-2)4-6-14;/h3-10,17-18H,11-12H2,1-2H3;1H. The van der Waals surface area contributed by atoms with Crippen LogP contribution in [0.15, 0.2) is 53.4 Å². The zero-order valence-corrected chi connectivity index (χ0v) is 15.1. The molecule has 0 heterocycles. The number of ether oxygens (including phenoxy) is 2. The van der Waals surface area contributed by atoms with Crippen molar-refractivity contribution >= 4 is 22.4 Å². The highest BCUT2D eigenvalue weighted by atomic mass is 35.5. The van der Waals surface area contributed by atoms with Crippen molar-refractivity contribution in [2.24, 2.45) is 0 Å². The zero-order valence-electron chi connectivity index (χ0n) is 13.5. The van der Waals surface area contributed by atoms with E-state index in [0.717, 1.165) is 5.75 Å². The maximum atomic E-state index is 12.1. The molecule has 0 amide bonds. The lowest BCUT2D eigenvalue weighted by Gasteiger charge is -2.09. The fourth-order valence-corrected chi connectivity index (χ4v) is 2.89. The van der Waals surface area contributed by atoms with Gasteiger partial charge in [0.15, 0.2) is 0 Å². The largest absolute Gasteiger partial charge is 0.497 e. The van der Waals surface area contributed by atoms with E-state index in [0.29, 0.717) is 24.6 Å². The lowest BCUT2D eigenvalue weighted by atomic mass is 10.3. The highest BCUT2D eigenvalue weighted by molar-refractivity contribution is 7.89. The molecular weight excluding hydrogens is 352 g/mol. The number of likely N-dealkylation sites (N-methyl/N-ethyl adjacent to an activating group) is 1. The summed E-state index contributed by atoms with van der Waals surface area (Å²) in [6.45, 7) is 0.904. The number of halogens is 1. The van der Waals surface area contributed by atoms with Gasteiger partial charge in [0.1, 0.15) is 17.2 Å². The minimum atomic E-state index is -3.49. The Morgan fingerprint density at radius 1 is 0.875 bits per heavy atom. The molecule has 2 aromatic carbocycles. The van der Waals surface area contributed by atoms with Gasteiger partial charge in [-0.2, -0.15) is 0 Å². The normalized spacial score (nSPS) is 10.8. The first-order valence-electron chi connectivity index (χ1n) is 7.11. The van der Waals surface area contributed by atoms with Crippen LogP contribution in [0.1, 0.15) is 0 Å². The Morgan fingerprint density at radius 3 is 1.88 bits per heavy atom. The molecule has 0 fully saturated rings. The number of sulfonamides is 1. The van der Waals surface area contributed by atoms with Crippen LogP contribution in [-0.2, 0) is 10.0 Å². The molecule has 0 bridgehead atoms. The minimum absolute atomic E-state index is 0. The minimum Gasteiger partial charge on any atom is -0.497 e. The van der Waals surface area contributed by atoms with Crippen LogP contribution in [0.25, 0.3) is 0 Å². The molecule has 2 rings (SSSR count). The van der Waals surface area contributed by atoms with E-state index in [1.807, 2.05) is 0 Å². The van der Waals surface area contributed by atoms with Crippen molar-refractivity contribution in [1.29, 1.82) is 0 Å². The molecule has 0 unspecified atom stereocenters. The lowest BCUT2D eigenvalue weighted by molar-refractivity contribution is 0.413. The van der Waals surface area contributed by atoms with Crippen molar-refractivity contribution in [3.63, 3.8) is 0 Å². The van der Waals surface area contributed by atoms with Gasteiger partial charge in [0.05, 0.1) is 12.0 Å². The molecule has 8 heteroatoms. The third-order valence-corrected chi connectivity index (χ3v) is 4.57. The van der Waals surface area contributed by atoms with Gasteiger partial charge in [-0.1, -0.05) is 0 Å². The SMILES string of the molecule is CNCCNS(=O)(=O)c1ccc(Oc2ccc(OC)cc2)cc1.Cl. The number of hydrogen-bond donors (Lipinski definition) is 2. The van der Waals surface area contributed by atoms with Crippen LogP contribution >= 0.6 is 12.4 Å². The summed E-state index contributed by atoms with van der Waals surface area (Å²) in [6.07, 6.45) is 0. The van der Waals surface area contributed by atoms with Crippen LogP contribution < -0.4 is 19.5 Å². The second-order valence-electron chi connectivity index (χ2n) is 4.75. The smallest absolute Gasteiger partial charge is 0.240 e. The van der Waals surface area contributed by atoms with Crippen LogP contribution in [0, 0.1) is 0 Å². The van der Waals surface area contributed by atoms with E-state index in [2.05, 4.69) is 10.0 Å². The fraction of sp³-hybridized carbons (Fsp3) is 0.250. The molecule has 2 aromatic rings. The Balaban J connectivity index is 0.00000288. The number of nitrogens with one attached hydrogen (secondary N) is 2. The molecule has 0 aromatic heterocycles. The van der Waals surface area contributed by atoms with E-state index in [9.17, 15) is 8.42 Å². The van der Waals surface area contributed by atoms with Crippen molar-refractivity contribution in [1.82, 2.24) is 10.0 Å². The molecule has 0 radical (unpaired) electrons. The van der Waals surface area contributed by atoms with Gasteiger partial charge in [0.25, 0.3) is 0 Å². The van der Waals surface area contributed by atoms with Gasteiger partial charge in [-0.25, -0.2) is 13.1 Å². The van der Waals surface area contributed by atoms with Gasteiger partial charge in [-0.3, -0.25) is 0 Å². The molecule has 0 aliphatic heterocycles. The van der Waals surface area contributed by atoms with Gasteiger partial charge in [0.2, 0.25) is 10.0 Å². The number of benzene rings is 2. The molecule has 0 aliphatic rings. The molecule has 0 atom stereocenters. The quantitative estimate of drug-likeness (QED) is 0.696. The Morgan fingerprint density at radius 2 is 1.38 bits per heavy atom. The van der Waals surface area contributed by atoms with Crippen molar-refractivity contribution < 1.29 is 17.9 Å². The first-order chi connectivity index (χ1) is 11.0. The lowest BCUT2D eigenvalue weighted by Crippen LogP contribution is -2.30. The fourth-order valence-electron chi connectivity index (χ4n) is 1.86. The van der Waals surface area contributed by atoms with Crippen molar-refractivity contribution in [2.45, 2.75) is 4.90 Å². The van der Waals surface area contributed by atoms with Crippen molar-refractivity contribution in [3.8, 4) is 17.2 Å². The highest BCUT2D eigenvalue weighted by Crippen LogP contribution is 2.24. The summed E-state index contributed by atoms with van der Waals surface area (Å²) in [4.78, 5) is 0.204. The molecule has 24 heavy (non-hydrogen) atoms. The summed E-state index contributed by atoms with van der Waals surface area (Å²) in [5.41, 5.74) is 0. The molecule has 0 saturated carbocycles. The molecule has 132 valence electrons. The van der Waals surface area contributed by atoms with Gasteiger partial charge in [-0.05, 0) is 55.6 Å². The second-order valence-corrected chi connectivity index (χ2v) is 6.52. The highest BCUT2D eigenvalue weighted by Gasteiger charge is 2.13. The first-order valence-corrected chi connectivity index (χ1v) is 8.60.